The molecule has 1 atom stereocenters. The molecule has 6 nitrogen and oxygen atoms in total. The number of sulfonamides is 1. The molecule has 0 aliphatic carbocycles. The van der Waals surface area contributed by atoms with Crippen molar-refractivity contribution in [3.8, 4) is 0 Å². The molecule has 3 rings (SSSR count). The predicted molar refractivity (Wildman–Crippen MR) is 88.8 cm³/mol. The number of amides is 1. The molecule has 9 heteroatoms. The second kappa shape index (κ2) is 6.58. The van der Waals surface area contributed by atoms with Crippen LogP contribution in [0.15, 0.2) is 35.4 Å². The summed E-state index contributed by atoms with van der Waals surface area (Å²) in [5.74, 6) is -1.26. The van der Waals surface area contributed by atoms with Gasteiger partial charge in [0.2, 0.25) is 15.9 Å². The molecule has 0 radical (unpaired) electrons. The number of hydrogen-bond acceptors (Lipinski definition) is 5. The van der Waals surface area contributed by atoms with Gasteiger partial charge in [0.25, 0.3) is 0 Å². The molecule has 0 bridgehead atoms. The molecule has 1 aromatic heterocycles. The first-order valence-electron chi connectivity index (χ1n) is 7.39. The Morgan fingerprint density at radius 1 is 1.42 bits per heavy atom. The lowest BCUT2D eigenvalue weighted by Crippen LogP contribution is -2.43. The van der Waals surface area contributed by atoms with Gasteiger partial charge in [0, 0.05) is 17.6 Å². The number of nitrogens with zero attached hydrogens (tertiary/aromatic N) is 2. The van der Waals surface area contributed by atoms with Gasteiger partial charge in [-0.15, -0.1) is 11.3 Å². The maximum Gasteiger partial charge on any atom is 0.246 e. The maximum atomic E-state index is 13.9. The Balaban J connectivity index is 1.85. The molecule has 128 valence electrons. The van der Waals surface area contributed by atoms with Crippen molar-refractivity contribution in [2.45, 2.75) is 30.7 Å². The van der Waals surface area contributed by atoms with Gasteiger partial charge < -0.3 is 5.32 Å². The van der Waals surface area contributed by atoms with Crippen molar-refractivity contribution < 1.29 is 17.6 Å². The van der Waals surface area contributed by atoms with E-state index in [1.54, 1.807) is 6.20 Å². The lowest BCUT2D eigenvalue weighted by Gasteiger charge is -2.23. The second-order valence-electron chi connectivity index (χ2n) is 5.47. The fourth-order valence-electron chi connectivity index (χ4n) is 2.67. The highest BCUT2D eigenvalue weighted by molar-refractivity contribution is 7.89. The van der Waals surface area contributed by atoms with Gasteiger partial charge in [-0.25, -0.2) is 17.8 Å². The number of hydrogen-bond donors (Lipinski definition) is 1. The fraction of sp³-hybridized carbons (Fsp3) is 0.333. The first kappa shape index (κ1) is 17.0. The van der Waals surface area contributed by atoms with E-state index in [1.165, 1.54) is 29.5 Å². The van der Waals surface area contributed by atoms with Crippen molar-refractivity contribution in [3.63, 3.8) is 0 Å². The Morgan fingerprint density at radius 3 is 2.83 bits per heavy atom. The van der Waals surface area contributed by atoms with Crippen molar-refractivity contribution in [1.82, 2.24) is 9.29 Å². The number of carbonyl (C=O) groups excluding carboxylic acids is 1. The van der Waals surface area contributed by atoms with Crippen LogP contribution in [0.5, 0.6) is 0 Å². The maximum absolute atomic E-state index is 13.9. The minimum Gasteiger partial charge on any atom is -0.301 e. The number of rotatable bonds is 4. The Morgan fingerprint density at radius 2 is 2.17 bits per heavy atom. The zero-order valence-corrected chi connectivity index (χ0v) is 14.5. The smallest absolute Gasteiger partial charge is 0.246 e. The molecule has 1 amide bonds. The third-order valence-electron chi connectivity index (χ3n) is 3.78. The summed E-state index contributed by atoms with van der Waals surface area (Å²) in [7, 11) is -4.07. The Kier molecular flexibility index (Phi) is 4.66. The molecule has 0 saturated carbocycles. The topological polar surface area (TPSA) is 79.4 Å². The quantitative estimate of drug-likeness (QED) is 0.897. The van der Waals surface area contributed by atoms with Gasteiger partial charge >= 0.3 is 0 Å². The zero-order valence-electron chi connectivity index (χ0n) is 12.9. The molecule has 2 aromatic rings. The summed E-state index contributed by atoms with van der Waals surface area (Å²) in [6.45, 7) is 2.05. The van der Waals surface area contributed by atoms with Crippen LogP contribution in [0.25, 0.3) is 0 Å². The first-order valence-corrected chi connectivity index (χ1v) is 9.65. The molecule has 24 heavy (non-hydrogen) atoms. The number of thiazole rings is 1. The van der Waals surface area contributed by atoms with E-state index in [-0.39, 0.29) is 6.54 Å². The number of aryl methyl sites for hydroxylation is 1. The summed E-state index contributed by atoms with van der Waals surface area (Å²) in [4.78, 5) is 17.0. The average molecular weight is 369 g/mol. The highest BCUT2D eigenvalue weighted by Crippen LogP contribution is 2.28. The van der Waals surface area contributed by atoms with Crippen LogP contribution in [0.4, 0.5) is 9.52 Å². The molecule has 1 aromatic carbocycles. The van der Waals surface area contributed by atoms with E-state index >= 15 is 0 Å². The SMILES string of the molecule is Cc1cnc(NC(=O)C2CCCN2S(=O)(=O)c2ccccc2F)s1. The van der Waals surface area contributed by atoms with Gasteiger partial charge in [0.15, 0.2) is 5.13 Å². The predicted octanol–water partition coefficient (Wildman–Crippen LogP) is 2.38. The third kappa shape index (κ3) is 3.19. The summed E-state index contributed by atoms with van der Waals surface area (Å²) < 4.78 is 40.4. The number of benzene rings is 1. The lowest BCUT2D eigenvalue weighted by molar-refractivity contribution is -0.119. The summed E-state index contributed by atoms with van der Waals surface area (Å²) in [6, 6.07) is 4.32. The van der Waals surface area contributed by atoms with E-state index in [9.17, 15) is 17.6 Å². The fourth-order valence-corrected chi connectivity index (χ4v) is 5.06. The van der Waals surface area contributed by atoms with Crippen LogP contribution in [-0.2, 0) is 14.8 Å². The van der Waals surface area contributed by atoms with Crippen molar-refractivity contribution in [3.05, 3.63) is 41.2 Å². The Hall–Kier alpha value is -1.84. The lowest BCUT2D eigenvalue weighted by atomic mass is 10.2. The number of halogens is 1. The van der Waals surface area contributed by atoms with E-state index in [0.29, 0.717) is 18.0 Å². The second-order valence-corrected chi connectivity index (χ2v) is 8.56. The van der Waals surface area contributed by atoms with Crippen molar-refractivity contribution in [2.24, 2.45) is 0 Å². The van der Waals surface area contributed by atoms with E-state index in [1.807, 2.05) is 6.92 Å². The molecule has 1 aliphatic rings. The molecule has 1 saturated heterocycles. The van der Waals surface area contributed by atoms with Crippen molar-refractivity contribution in [2.75, 3.05) is 11.9 Å². The molecule has 1 N–H and O–H groups in total. The van der Waals surface area contributed by atoms with Crippen LogP contribution in [0.3, 0.4) is 0 Å². The van der Waals surface area contributed by atoms with E-state index < -0.39 is 32.7 Å². The molecular weight excluding hydrogens is 353 g/mol. The summed E-state index contributed by atoms with van der Waals surface area (Å²) in [6.07, 6.45) is 2.56. The Labute approximate surface area is 143 Å². The summed E-state index contributed by atoms with van der Waals surface area (Å²) >= 11 is 1.31. The van der Waals surface area contributed by atoms with Gasteiger partial charge in [-0.3, -0.25) is 4.79 Å². The molecule has 1 unspecified atom stereocenters. The highest BCUT2D eigenvalue weighted by atomic mass is 32.2. The minimum atomic E-state index is -4.07. The Bertz CT molecular complexity index is 866. The number of anilines is 1. The first-order chi connectivity index (χ1) is 11.4. The molecular formula is C15H16FN3O3S2. The molecule has 1 fully saturated rings. The number of aromatic nitrogens is 1. The van der Waals surface area contributed by atoms with Crippen LogP contribution in [0, 0.1) is 12.7 Å². The van der Waals surface area contributed by atoms with Gasteiger partial charge in [0.1, 0.15) is 16.8 Å². The largest absolute Gasteiger partial charge is 0.301 e. The monoisotopic (exact) mass is 369 g/mol. The standard InChI is InChI=1S/C15H16FN3O3S2/c1-10-9-17-15(23-10)18-14(20)12-6-4-8-19(12)24(21,22)13-7-3-2-5-11(13)16/h2-3,5,7,9,12H,4,6,8H2,1H3,(H,17,18,20). The van der Waals surface area contributed by atoms with Gasteiger partial charge in [0.05, 0.1) is 0 Å². The van der Waals surface area contributed by atoms with Crippen LogP contribution in [-0.4, -0.2) is 36.2 Å². The van der Waals surface area contributed by atoms with Gasteiger partial charge in [-0.1, -0.05) is 12.1 Å². The summed E-state index contributed by atoms with van der Waals surface area (Å²) in [5, 5.41) is 3.07. The van der Waals surface area contributed by atoms with E-state index in [2.05, 4.69) is 10.3 Å². The number of nitrogens with one attached hydrogen (secondary N) is 1. The molecule has 0 spiro atoms. The average Bonchev–Trinajstić information content (AvgIpc) is 3.17. The van der Waals surface area contributed by atoms with E-state index in [0.717, 1.165) is 15.2 Å². The van der Waals surface area contributed by atoms with Crippen LogP contribution in [0.1, 0.15) is 17.7 Å². The van der Waals surface area contributed by atoms with Gasteiger partial charge in [-0.2, -0.15) is 4.31 Å². The highest BCUT2D eigenvalue weighted by Gasteiger charge is 2.40. The zero-order chi connectivity index (χ0) is 17.3. The minimum absolute atomic E-state index is 0.186. The van der Waals surface area contributed by atoms with E-state index in [4.69, 9.17) is 0 Å². The van der Waals surface area contributed by atoms with Crippen LogP contribution in [0.2, 0.25) is 0 Å². The molecule has 2 heterocycles. The number of carbonyl (C=O) groups is 1. The van der Waals surface area contributed by atoms with Gasteiger partial charge in [-0.05, 0) is 31.9 Å². The van der Waals surface area contributed by atoms with Crippen LogP contribution < -0.4 is 5.32 Å². The van der Waals surface area contributed by atoms with Crippen LogP contribution >= 0.6 is 11.3 Å². The van der Waals surface area contributed by atoms with Crippen molar-refractivity contribution >= 4 is 32.4 Å². The summed E-state index contributed by atoms with van der Waals surface area (Å²) in [5.41, 5.74) is 0. The third-order valence-corrected chi connectivity index (χ3v) is 6.55. The van der Waals surface area contributed by atoms with Crippen molar-refractivity contribution in [1.29, 1.82) is 0 Å². The normalized spacial score (nSPS) is 18.7. The molecule has 1 aliphatic heterocycles.